The number of carbonyl (C=O) groups is 1. The summed E-state index contributed by atoms with van der Waals surface area (Å²) in [6, 6.07) is 17.4. The highest BCUT2D eigenvalue weighted by molar-refractivity contribution is 7.13. The van der Waals surface area contributed by atoms with Gasteiger partial charge in [-0.15, -0.1) is 11.3 Å². The lowest BCUT2D eigenvalue weighted by molar-refractivity contribution is 0.103. The van der Waals surface area contributed by atoms with Crippen molar-refractivity contribution in [3.8, 4) is 22.6 Å². The van der Waals surface area contributed by atoms with Crippen molar-refractivity contribution >= 4 is 22.9 Å². The van der Waals surface area contributed by atoms with Crippen molar-refractivity contribution in [3.05, 3.63) is 89.1 Å². The molecule has 0 fully saturated rings. The Balaban J connectivity index is 1.74. The zero-order valence-corrected chi connectivity index (χ0v) is 16.6. The molecule has 0 saturated carbocycles. The number of anilines is 1. The second-order valence-electron chi connectivity index (χ2n) is 6.31. The number of rotatable bonds is 6. The fraction of sp³-hybridized carbons (Fsp3) is 0.0870. The lowest BCUT2D eigenvalue weighted by Crippen LogP contribution is -2.14. The first-order valence-corrected chi connectivity index (χ1v) is 10.1. The first-order chi connectivity index (χ1) is 14.2. The summed E-state index contributed by atoms with van der Waals surface area (Å²) in [6.07, 6.45) is 3.78. The quantitative estimate of drug-likeness (QED) is 0.427. The van der Waals surface area contributed by atoms with Gasteiger partial charge in [-0.05, 0) is 48.9 Å². The summed E-state index contributed by atoms with van der Waals surface area (Å²) in [6.45, 7) is 2.41. The average Bonchev–Trinajstić information content (AvgIpc) is 3.40. The monoisotopic (exact) mass is 406 g/mol. The van der Waals surface area contributed by atoms with Crippen LogP contribution >= 0.6 is 11.3 Å². The van der Waals surface area contributed by atoms with Crippen LogP contribution in [0.5, 0.6) is 5.75 Å². The predicted octanol–water partition coefficient (Wildman–Crippen LogP) is 6.00. The van der Waals surface area contributed by atoms with Gasteiger partial charge in [0.2, 0.25) is 0 Å². The van der Waals surface area contributed by atoms with E-state index in [1.54, 1.807) is 12.1 Å². The minimum absolute atomic E-state index is 0.223. The Morgan fingerprint density at radius 3 is 2.52 bits per heavy atom. The molecule has 0 atom stereocenters. The number of halogens is 1. The highest BCUT2D eigenvalue weighted by atomic mass is 32.1. The smallest absolute Gasteiger partial charge is 0.268 e. The molecule has 0 aliphatic heterocycles. The van der Waals surface area contributed by atoms with Crippen LogP contribution in [0.1, 0.15) is 16.6 Å². The summed E-state index contributed by atoms with van der Waals surface area (Å²) < 4.78 is 20.9. The van der Waals surface area contributed by atoms with E-state index in [9.17, 15) is 9.18 Å². The Morgan fingerprint density at radius 1 is 1.07 bits per heavy atom. The summed E-state index contributed by atoms with van der Waals surface area (Å²) in [4.78, 5) is 13.7. The maximum absolute atomic E-state index is 13.4. The standard InChI is InChI=1S/C23H19FN2O2S/c1-2-28-20-8-4-3-7-19(20)25-23(27)22-21(26-13-5-6-14-26)18(15-29-22)16-9-11-17(24)12-10-16/h3-15H,2H2,1H3,(H,25,27). The summed E-state index contributed by atoms with van der Waals surface area (Å²) in [7, 11) is 0. The van der Waals surface area contributed by atoms with Crippen molar-refractivity contribution in [2.45, 2.75) is 6.92 Å². The molecule has 2 aromatic carbocycles. The second kappa shape index (κ2) is 8.32. The van der Waals surface area contributed by atoms with Gasteiger partial charge in [0.25, 0.3) is 5.91 Å². The first-order valence-electron chi connectivity index (χ1n) is 9.21. The van der Waals surface area contributed by atoms with Crippen molar-refractivity contribution < 1.29 is 13.9 Å². The number of aromatic nitrogens is 1. The van der Waals surface area contributed by atoms with E-state index < -0.39 is 0 Å². The number of ether oxygens (including phenoxy) is 1. The van der Waals surface area contributed by atoms with E-state index in [4.69, 9.17) is 4.74 Å². The van der Waals surface area contributed by atoms with Gasteiger partial charge < -0.3 is 14.6 Å². The van der Waals surface area contributed by atoms with Crippen LogP contribution in [0.2, 0.25) is 0 Å². The van der Waals surface area contributed by atoms with E-state index in [0.29, 0.717) is 22.9 Å². The van der Waals surface area contributed by atoms with Crippen LogP contribution in [0.25, 0.3) is 16.8 Å². The minimum atomic E-state index is -0.294. The fourth-order valence-electron chi connectivity index (χ4n) is 3.12. The second-order valence-corrected chi connectivity index (χ2v) is 7.19. The number of amides is 1. The molecule has 2 aromatic heterocycles. The Labute approximate surface area is 172 Å². The van der Waals surface area contributed by atoms with Crippen molar-refractivity contribution in [1.29, 1.82) is 0 Å². The molecule has 4 aromatic rings. The first kappa shape index (κ1) is 19.0. The Hall–Kier alpha value is -3.38. The van der Waals surface area contributed by atoms with Gasteiger partial charge >= 0.3 is 0 Å². The van der Waals surface area contributed by atoms with Crippen LogP contribution in [0.4, 0.5) is 10.1 Å². The predicted molar refractivity (Wildman–Crippen MR) is 115 cm³/mol. The Bertz CT molecular complexity index is 1120. The molecule has 0 aliphatic carbocycles. The average molecular weight is 406 g/mol. The van der Waals surface area contributed by atoms with Crippen molar-refractivity contribution in [2.75, 3.05) is 11.9 Å². The molecule has 1 amide bonds. The molecule has 1 N–H and O–H groups in total. The third-order valence-electron chi connectivity index (χ3n) is 4.42. The molecule has 29 heavy (non-hydrogen) atoms. The molecule has 0 unspecified atom stereocenters. The number of para-hydroxylation sites is 2. The van der Waals surface area contributed by atoms with Gasteiger partial charge in [-0.1, -0.05) is 24.3 Å². The molecule has 0 radical (unpaired) electrons. The fourth-order valence-corrected chi connectivity index (χ4v) is 4.09. The SMILES string of the molecule is CCOc1ccccc1NC(=O)c1scc(-c2ccc(F)cc2)c1-n1cccc1. The molecule has 2 heterocycles. The third-order valence-corrected chi connectivity index (χ3v) is 5.39. The highest BCUT2D eigenvalue weighted by Gasteiger charge is 2.21. The van der Waals surface area contributed by atoms with Gasteiger partial charge in [-0.2, -0.15) is 0 Å². The molecule has 0 aliphatic rings. The number of nitrogens with zero attached hydrogens (tertiary/aromatic N) is 1. The van der Waals surface area contributed by atoms with Crippen LogP contribution < -0.4 is 10.1 Å². The van der Waals surface area contributed by atoms with E-state index in [2.05, 4.69) is 5.32 Å². The zero-order valence-electron chi connectivity index (χ0n) is 15.8. The van der Waals surface area contributed by atoms with Crippen LogP contribution in [0.3, 0.4) is 0 Å². The number of carbonyl (C=O) groups excluding carboxylic acids is 1. The van der Waals surface area contributed by atoms with Gasteiger partial charge in [0.05, 0.1) is 18.0 Å². The molecule has 4 nitrogen and oxygen atoms in total. The van der Waals surface area contributed by atoms with E-state index >= 15 is 0 Å². The summed E-state index contributed by atoms with van der Waals surface area (Å²) >= 11 is 1.35. The topological polar surface area (TPSA) is 43.3 Å². The van der Waals surface area contributed by atoms with Crippen molar-refractivity contribution in [2.24, 2.45) is 0 Å². The molecule has 4 rings (SSSR count). The molecule has 6 heteroatoms. The number of nitrogens with one attached hydrogen (secondary N) is 1. The number of hydrogen-bond acceptors (Lipinski definition) is 3. The lowest BCUT2D eigenvalue weighted by atomic mass is 10.1. The number of thiophene rings is 1. The summed E-state index contributed by atoms with van der Waals surface area (Å²) in [5, 5.41) is 4.88. The van der Waals surface area contributed by atoms with Gasteiger partial charge in [0.15, 0.2) is 0 Å². The molecular weight excluding hydrogens is 387 g/mol. The van der Waals surface area contributed by atoms with E-state index in [1.807, 2.05) is 65.7 Å². The summed E-state index contributed by atoms with van der Waals surface area (Å²) in [5.74, 6) is 0.109. The van der Waals surface area contributed by atoms with E-state index in [1.165, 1.54) is 23.5 Å². The number of benzene rings is 2. The Morgan fingerprint density at radius 2 is 1.79 bits per heavy atom. The molecule has 0 saturated heterocycles. The maximum atomic E-state index is 13.4. The van der Waals surface area contributed by atoms with Crippen molar-refractivity contribution in [1.82, 2.24) is 4.57 Å². The molecule has 146 valence electrons. The largest absolute Gasteiger partial charge is 0.492 e. The van der Waals surface area contributed by atoms with Crippen LogP contribution in [0, 0.1) is 5.82 Å². The third kappa shape index (κ3) is 3.93. The van der Waals surface area contributed by atoms with Crippen LogP contribution in [0.15, 0.2) is 78.4 Å². The van der Waals surface area contributed by atoms with Gasteiger partial charge in [0.1, 0.15) is 16.4 Å². The lowest BCUT2D eigenvalue weighted by Gasteiger charge is -2.13. The normalized spacial score (nSPS) is 10.7. The Kier molecular flexibility index (Phi) is 5.44. The maximum Gasteiger partial charge on any atom is 0.268 e. The minimum Gasteiger partial charge on any atom is -0.492 e. The van der Waals surface area contributed by atoms with Gasteiger partial charge in [-0.3, -0.25) is 4.79 Å². The molecule has 0 bridgehead atoms. The van der Waals surface area contributed by atoms with Crippen LogP contribution in [-0.2, 0) is 0 Å². The zero-order chi connectivity index (χ0) is 20.2. The molecule has 0 spiro atoms. The van der Waals surface area contributed by atoms with E-state index in [-0.39, 0.29) is 11.7 Å². The number of hydrogen-bond donors (Lipinski definition) is 1. The van der Waals surface area contributed by atoms with E-state index in [0.717, 1.165) is 16.8 Å². The van der Waals surface area contributed by atoms with Gasteiger partial charge in [0, 0.05) is 23.3 Å². The molecular formula is C23H19FN2O2S. The van der Waals surface area contributed by atoms with Crippen molar-refractivity contribution in [3.63, 3.8) is 0 Å². The van der Waals surface area contributed by atoms with Gasteiger partial charge in [-0.25, -0.2) is 4.39 Å². The summed E-state index contributed by atoms with van der Waals surface area (Å²) in [5.41, 5.74) is 3.10. The van der Waals surface area contributed by atoms with Crippen LogP contribution in [-0.4, -0.2) is 17.1 Å². The highest BCUT2D eigenvalue weighted by Crippen LogP contribution is 2.36.